The van der Waals surface area contributed by atoms with Crippen LogP contribution < -0.4 is 5.32 Å². The molecule has 0 heterocycles. The highest BCUT2D eigenvalue weighted by Gasteiger charge is 2.18. The van der Waals surface area contributed by atoms with Crippen molar-refractivity contribution in [1.29, 1.82) is 5.26 Å². The van der Waals surface area contributed by atoms with Crippen LogP contribution in [0.4, 0.5) is 4.39 Å². The molecule has 3 heteroatoms. The maximum Gasteiger partial charge on any atom is 0.124 e. The number of rotatable bonds is 5. The lowest BCUT2D eigenvalue weighted by Crippen LogP contribution is -2.21. The van der Waals surface area contributed by atoms with Crippen molar-refractivity contribution in [2.75, 3.05) is 6.54 Å². The predicted octanol–water partition coefficient (Wildman–Crippen LogP) is 4.00. The van der Waals surface area contributed by atoms with E-state index in [0.29, 0.717) is 12.1 Å². The molecule has 2 rings (SSSR count). The third-order valence-corrected chi connectivity index (χ3v) is 4.19. The predicted molar refractivity (Wildman–Crippen MR) is 78.6 cm³/mol. The van der Waals surface area contributed by atoms with Gasteiger partial charge in [0.15, 0.2) is 0 Å². The van der Waals surface area contributed by atoms with Gasteiger partial charge in [-0.05, 0) is 55.0 Å². The minimum Gasteiger partial charge on any atom is -0.313 e. The molecule has 2 unspecified atom stereocenters. The van der Waals surface area contributed by atoms with E-state index in [4.69, 9.17) is 5.26 Å². The summed E-state index contributed by atoms with van der Waals surface area (Å²) in [6.07, 6.45) is 6.64. The van der Waals surface area contributed by atoms with Crippen LogP contribution in [0.3, 0.4) is 0 Å². The Bertz CT molecular complexity index is 478. The van der Waals surface area contributed by atoms with E-state index in [-0.39, 0.29) is 5.82 Å². The molecule has 0 saturated heterocycles. The lowest BCUT2D eigenvalue weighted by atomic mass is 9.81. The van der Waals surface area contributed by atoms with Crippen molar-refractivity contribution in [3.05, 3.63) is 35.1 Å². The number of nitrogens with zero attached hydrogens (tertiary/aromatic N) is 1. The molecule has 1 aromatic carbocycles. The van der Waals surface area contributed by atoms with Crippen LogP contribution in [0.15, 0.2) is 18.2 Å². The largest absolute Gasteiger partial charge is 0.313 e. The van der Waals surface area contributed by atoms with Crippen LogP contribution in [0.2, 0.25) is 0 Å². The second-order valence-electron chi connectivity index (χ2n) is 6.06. The summed E-state index contributed by atoms with van der Waals surface area (Å²) in [5, 5.41) is 12.2. The molecular weight excluding hydrogens is 251 g/mol. The molecule has 2 nitrogen and oxygen atoms in total. The van der Waals surface area contributed by atoms with Crippen LogP contribution in [0.5, 0.6) is 0 Å². The minimum atomic E-state index is -0.332. The van der Waals surface area contributed by atoms with Crippen molar-refractivity contribution in [1.82, 2.24) is 5.32 Å². The topological polar surface area (TPSA) is 35.8 Å². The van der Waals surface area contributed by atoms with Gasteiger partial charge in [-0.1, -0.05) is 26.2 Å². The van der Waals surface area contributed by atoms with Crippen LogP contribution in [-0.4, -0.2) is 6.54 Å². The summed E-state index contributed by atoms with van der Waals surface area (Å²) < 4.78 is 13.3. The first-order chi connectivity index (χ1) is 9.67. The zero-order valence-corrected chi connectivity index (χ0v) is 12.2. The van der Waals surface area contributed by atoms with Crippen molar-refractivity contribution in [2.45, 2.75) is 45.6 Å². The zero-order valence-electron chi connectivity index (χ0n) is 12.2. The standard InChI is InChI=1S/C17H23FN2/c1-13-3-2-4-14(7-13)5-6-20-12-16-8-15(11-19)9-17(18)10-16/h8-10,13-14,20H,2-7,12H2,1H3. The van der Waals surface area contributed by atoms with Crippen molar-refractivity contribution in [3.63, 3.8) is 0 Å². The maximum absolute atomic E-state index is 13.3. The van der Waals surface area contributed by atoms with Gasteiger partial charge >= 0.3 is 0 Å². The monoisotopic (exact) mass is 274 g/mol. The summed E-state index contributed by atoms with van der Waals surface area (Å²) >= 11 is 0. The molecule has 1 aliphatic carbocycles. The van der Waals surface area contributed by atoms with E-state index in [0.717, 1.165) is 23.9 Å². The lowest BCUT2D eigenvalue weighted by Gasteiger charge is -2.26. The Labute approximate surface area is 121 Å². The normalized spacial score (nSPS) is 22.4. The highest BCUT2D eigenvalue weighted by atomic mass is 19.1. The first kappa shape index (κ1) is 15.0. The average Bonchev–Trinajstić information content (AvgIpc) is 2.43. The van der Waals surface area contributed by atoms with Crippen LogP contribution in [-0.2, 0) is 6.54 Å². The Kier molecular flexibility index (Phi) is 5.55. The molecule has 0 bridgehead atoms. The van der Waals surface area contributed by atoms with E-state index in [9.17, 15) is 4.39 Å². The van der Waals surface area contributed by atoms with Gasteiger partial charge in [-0.3, -0.25) is 0 Å². The molecule has 0 radical (unpaired) electrons. The fourth-order valence-corrected chi connectivity index (χ4v) is 3.18. The second-order valence-corrected chi connectivity index (χ2v) is 6.06. The van der Waals surface area contributed by atoms with Crippen molar-refractivity contribution in [2.24, 2.45) is 11.8 Å². The van der Waals surface area contributed by atoms with E-state index >= 15 is 0 Å². The molecule has 1 fully saturated rings. The van der Waals surface area contributed by atoms with Gasteiger partial charge in [-0.15, -0.1) is 0 Å². The number of halogens is 1. The highest BCUT2D eigenvalue weighted by Crippen LogP contribution is 2.30. The van der Waals surface area contributed by atoms with Gasteiger partial charge in [0.1, 0.15) is 5.82 Å². The molecule has 1 aromatic rings. The SMILES string of the molecule is CC1CCCC(CCNCc2cc(F)cc(C#N)c2)C1. The van der Waals surface area contributed by atoms with Crippen molar-refractivity contribution < 1.29 is 4.39 Å². The minimum absolute atomic E-state index is 0.332. The quantitative estimate of drug-likeness (QED) is 0.824. The summed E-state index contributed by atoms with van der Waals surface area (Å²) in [7, 11) is 0. The Morgan fingerprint density at radius 3 is 2.95 bits per heavy atom. The molecule has 1 N–H and O–H groups in total. The molecule has 20 heavy (non-hydrogen) atoms. The molecule has 0 aromatic heterocycles. The van der Waals surface area contributed by atoms with Crippen molar-refractivity contribution >= 4 is 0 Å². The molecule has 2 atom stereocenters. The maximum atomic E-state index is 13.3. The highest BCUT2D eigenvalue weighted by molar-refractivity contribution is 5.33. The lowest BCUT2D eigenvalue weighted by molar-refractivity contribution is 0.267. The summed E-state index contributed by atoms with van der Waals surface area (Å²) in [4.78, 5) is 0. The van der Waals surface area contributed by atoms with Gasteiger partial charge < -0.3 is 5.32 Å². The summed E-state index contributed by atoms with van der Waals surface area (Å²) in [5.41, 5.74) is 1.24. The number of benzene rings is 1. The number of hydrogen-bond acceptors (Lipinski definition) is 2. The Hall–Kier alpha value is -1.40. The first-order valence-electron chi connectivity index (χ1n) is 7.57. The molecule has 0 aliphatic heterocycles. The Balaban J connectivity index is 1.73. The third-order valence-electron chi connectivity index (χ3n) is 4.19. The smallest absolute Gasteiger partial charge is 0.124 e. The van der Waals surface area contributed by atoms with Gasteiger partial charge in [-0.2, -0.15) is 5.26 Å². The molecular formula is C17H23FN2. The Morgan fingerprint density at radius 2 is 2.20 bits per heavy atom. The van der Waals surface area contributed by atoms with Crippen LogP contribution >= 0.6 is 0 Å². The fourth-order valence-electron chi connectivity index (χ4n) is 3.18. The van der Waals surface area contributed by atoms with Gasteiger partial charge in [0, 0.05) is 6.54 Å². The number of nitrogens with one attached hydrogen (secondary N) is 1. The van der Waals surface area contributed by atoms with E-state index in [1.165, 1.54) is 44.2 Å². The summed E-state index contributed by atoms with van der Waals surface area (Å²) in [6, 6.07) is 6.50. The van der Waals surface area contributed by atoms with E-state index < -0.39 is 0 Å². The molecule has 1 saturated carbocycles. The van der Waals surface area contributed by atoms with Gasteiger partial charge in [-0.25, -0.2) is 4.39 Å². The summed E-state index contributed by atoms with van der Waals surface area (Å²) in [6.45, 7) is 3.94. The average molecular weight is 274 g/mol. The molecule has 0 amide bonds. The molecule has 1 aliphatic rings. The number of nitriles is 1. The molecule has 0 spiro atoms. The van der Waals surface area contributed by atoms with E-state index in [1.54, 1.807) is 6.07 Å². The Morgan fingerprint density at radius 1 is 1.35 bits per heavy atom. The van der Waals surface area contributed by atoms with E-state index in [2.05, 4.69) is 12.2 Å². The van der Waals surface area contributed by atoms with Gasteiger partial charge in [0.05, 0.1) is 11.6 Å². The van der Waals surface area contributed by atoms with Crippen LogP contribution in [0.1, 0.15) is 50.2 Å². The van der Waals surface area contributed by atoms with Crippen LogP contribution in [0, 0.1) is 29.0 Å². The van der Waals surface area contributed by atoms with Crippen LogP contribution in [0.25, 0.3) is 0 Å². The van der Waals surface area contributed by atoms with Gasteiger partial charge in [0.25, 0.3) is 0 Å². The fraction of sp³-hybridized carbons (Fsp3) is 0.588. The first-order valence-corrected chi connectivity index (χ1v) is 7.57. The van der Waals surface area contributed by atoms with Gasteiger partial charge in [0.2, 0.25) is 0 Å². The summed E-state index contributed by atoms with van der Waals surface area (Å²) in [5.74, 6) is 1.38. The zero-order chi connectivity index (χ0) is 14.4. The third kappa shape index (κ3) is 4.61. The van der Waals surface area contributed by atoms with Crippen molar-refractivity contribution in [3.8, 4) is 6.07 Å². The molecule has 108 valence electrons. The van der Waals surface area contributed by atoms with E-state index in [1.807, 2.05) is 6.07 Å². The second kappa shape index (κ2) is 7.40. The number of hydrogen-bond donors (Lipinski definition) is 1.